The van der Waals surface area contributed by atoms with Crippen molar-refractivity contribution in [3.05, 3.63) is 16.0 Å². The van der Waals surface area contributed by atoms with E-state index in [4.69, 9.17) is 9.47 Å². The van der Waals surface area contributed by atoms with Crippen LogP contribution < -0.4 is 10.6 Å². The van der Waals surface area contributed by atoms with Crippen molar-refractivity contribution in [1.82, 2.24) is 15.1 Å². The predicted molar refractivity (Wildman–Crippen MR) is 269 cm³/mol. The van der Waals surface area contributed by atoms with Crippen LogP contribution in [0, 0.1) is 5.92 Å². The number of hydrogen-bond acceptors (Lipinski definition) is 9. The maximum absolute atomic E-state index is 13.6. The van der Waals surface area contributed by atoms with Gasteiger partial charge in [0.1, 0.15) is 5.00 Å². The molecule has 1 aliphatic heterocycles. The highest BCUT2D eigenvalue weighted by molar-refractivity contribution is 7.17. The number of carbonyl (C=O) groups is 5. The van der Waals surface area contributed by atoms with E-state index in [1.165, 1.54) is 120 Å². The number of thiophene rings is 1. The highest BCUT2D eigenvalue weighted by atomic mass is 32.1. The number of likely N-dealkylation sites (N-methyl/N-ethyl adjacent to an activating group) is 1. The molecule has 1 aliphatic rings. The minimum atomic E-state index is -0.217. The molecule has 0 fully saturated rings. The molecule has 0 aliphatic carbocycles. The van der Waals surface area contributed by atoms with E-state index in [1.54, 1.807) is 0 Å². The SMILES string of the molecule is CCCCCCCCCCCOC(=O)CCCCC(=O)Nc1sc2c(c1C(=O)NCCN(C)C)CCN(C(=O)CCCCCOC(=O)C(CCCCCCCC)CCCCCCCC)C2. The van der Waals surface area contributed by atoms with Gasteiger partial charge in [0.25, 0.3) is 5.91 Å². The van der Waals surface area contributed by atoms with E-state index in [2.05, 4.69) is 31.4 Å². The van der Waals surface area contributed by atoms with Gasteiger partial charge < -0.3 is 29.9 Å². The summed E-state index contributed by atoms with van der Waals surface area (Å²) in [7, 11) is 3.90. The fourth-order valence-electron chi connectivity index (χ4n) is 8.57. The van der Waals surface area contributed by atoms with Crippen molar-refractivity contribution in [2.24, 2.45) is 5.92 Å². The van der Waals surface area contributed by atoms with E-state index < -0.39 is 0 Å². The number of esters is 2. The lowest BCUT2D eigenvalue weighted by Gasteiger charge is -2.27. The van der Waals surface area contributed by atoms with Crippen LogP contribution in [0.4, 0.5) is 5.00 Å². The molecule has 0 saturated heterocycles. The Balaban J connectivity index is 1.81. The van der Waals surface area contributed by atoms with Crippen molar-refractivity contribution < 1.29 is 33.4 Å². The molecule has 1 aromatic rings. The van der Waals surface area contributed by atoms with Gasteiger partial charge in [0.2, 0.25) is 11.8 Å². The van der Waals surface area contributed by atoms with Gasteiger partial charge in [-0.2, -0.15) is 0 Å². The number of nitrogens with zero attached hydrogens (tertiary/aromatic N) is 2. The minimum absolute atomic E-state index is 0.00471. The van der Waals surface area contributed by atoms with E-state index in [9.17, 15) is 24.0 Å². The summed E-state index contributed by atoms with van der Waals surface area (Å²) >= 11 is 1.38. The molecule has 0 radical (unpaired) electrons. The average Bonchev–Trinajstić information content (AvgIpc) is 3.65. The van der Waals surface area contributed by atoms with Crippen LogP contribution in [0.3, 0.4) is 0 Å². The number of rotatable bonds is 41. The summed E-state index contributed by atoms with van der Waals surface area (Å²) in [4.78, 5) is 70.4. The molecule has 2 rings (SSSR count). The van der Waals surface area contributed by atoms with E-state index in [0.29, 0.717) is 75.6 Å². The lowest BCUT2D eigenvalue weighted by atomic mass is 9.94. The van der Waals surface area contributed by atoms with Gasteiger partial charge in [-0.15, -0.1) is 11.3 Å². The summed E-state index contributed by atoms with van der Waals surface area (Å²) in [6, 6.07) is 0. The number of unbranched alkanes of at least 4 members (excludes halogenated alkanes) is 21. The molecule has 0 bridgehead atoms. The van der Waals surface area contributed by atoms with Crippen molar-refractivity contribution >= 4 is 46.0 Å². The van der Waals surface area contributed by atoms with Crippen LogP contribution >= 0.6 is 11.3 Å². The molecule has 0 unspecified atom stereocenters. The third-order valence-corrected chi connectivity index (χ3v) is 13.8. The molecular weight excluding hydrogens is 837 g/mol. The molecule has 65 heavy (non-hydrogen) atoms. The maximum atomic E-state index is 13.6. The summed E-state index contributed by atoms with van der Waals surface area (Å²) in [5, 5.41) is 6.56. The van der Waals surface area contributed by atoms with Crippen molar-refractivity contribution in [1.29, 1.82) is 0 Å². The number of anilines is 1. The molecule has 2 heterocycles. The van der Waals surface area contributed by atoms with Crippen LogP contribution in [0.2, 0.25) is 0 Å². The second-order valence-corrected chi connectivity index (χ2v) is 20.0. The van der Waals surface area contributed by atoms with Crippen LogP contribution in [0.5, 0.6) is 0 Å². The summed E-state index contributed by atoms with van der Waals surface area (Å²) in [6.45, 7) is 9.64. The molecule has 3 amide bonds. The predicted octanol–water partition coefficient (Wildman–Crippen LogP) is 12.7. The molecular formula is C53H94N4O7S. The monoisotopic (exact) mass is 931 g/mol. The van der Waals surface area contributed by atoms with Crippen molar-refractivity contribution in [3.63, 3.8) is 0 Å². The first-order valence-electron chi connectivity index (χ1n) is 26.6. The zero-order valence-electron chi connectivity index (χ0n) is 42.1. The van der Waals surface area contributed by atoms with Gasteiger partial charge >= 0.3 is 11.9 Å². The van der Waals surface area contributed by atoms with Crippen molar-refractivity contribution in [3.8, 4) is 0 Å². The molecule has 1 aromatic heterocycles. The number of hydrogen-bond donors (Lipinski definition) is 2. The largest absolute Gasteiger partial charge is 0.466 e. The number of carbonyl (C=O) groups excluding carboxylic acids is 5. The highest BCUT2D eigenvalue weighted by Crippen LogP contribution is 2.37. The second kappa shape index (κ2) is 38.0. The fraction of sp³-hybridized carbons (Fsp3) is 0.830. The zero-order valence-corrected chi connectivity index (χ0v) is 42.9. The number of amides is 3. The van der Waals surface area contributed by atoms with E-state index in [1.807, 2.05) is 23.9 Å². The van der Waals surface area contributed by atoms with Gasteiger partial charge in [0, 0.05) is 43.8 Å². The van der Waals surface area contributed by atoms with Crippen LogP contribution in [0.25, 0.3) is 0 Å². The maximum Gasteiger partial charge on any atom is 0.308 e. The molecule has 0 saturated carbocycles. The van der Waals surface area contributed by atoms with E-state index >= 15 is 0 Å². The van der Waals surface area contributed by atoms with Gasteiger partial charge in [0.15, 0.2) is 0 Å². The van der Waals surface area contributed by atoms with Gasteiger partial charge in [0.05, 0.1) is 31.2 Å². The second-order valence-electron chi connectivity index (χ2n) is 18.9. The lowest BCUT2D eigenvalue weighted by molar-refractivity contribution is -0.149. The van der Waals surface area contributed by atoms with Crippen LogP contribution in [-0.4, -0.2) is 86.4 Å². The lowest BCUT2D eigenvalue weighted by Crippen LogP contribution is -2.36. The molecule has 11 nitrogen and oxygen atoms in total. The molecule has 374 valence electrons. The molecule has 0 spiro atoms. The topological polar surface area (TPSA) is 134 Å². The van der Waals surface area contributed by atoms with Gasteiger partial charge in [-0.1, -0.05) is 149 Å². The zero-order chi connectivity index (χ0) is 47.3. The Bertz CT molecular complexity index is 1430. The van der Waals surface area contributed by atoms with Crippen molar-refractivity contribution in [2.45, 2.75) is 233 Å². The molecule has 12 heteroatoms. The fourth-order valence-corrected chi connectivity index (χ4v) is 9.84. The Morgan fingerprint density at radius 2 is 1.14 bits per heavy atom. The van der Waals surface area contributed by atoms with E-state index in [-0.39, 0.29) is 48.4 Å². The average molecular weight is 931 g/mol. The normalized spacial score (nSPS) is 12.4. The molecule has 2 N–H and O–H groups in total. The van der Waals surface area contributed by atoms with Crippen LogP contribution in [-0.2, 0) is 41.6 Å². The Hall–Kier alpha value is -2.99. The summed E-state index contributed by atoms with van der Waals surface area (Å²) in [5.74, 6) is -0.595. The first-order valence-corrected chi connectivity index (χ1v) is 27.4. The van der Waals surface area contributed by atoms with Gasteiger partial charge in [-0.25, -0.2) is 0 Å². The van der Waals surface area contributed by atoms with Gasteiger partial charge in [-0.3, -0.25) is 24.0 Å². The number of fused-ring (bicyclic) bond motifs is 1. The standard InChI is InChI=1S/C53H94N4O7S/c1-6-9-12-15-18-19-20-23-30-41-63-49(60)36-29-28-34-47(58)55-52-50(51(61)54-38-40-56(4)5)45-37-39-57(43-46(45)65-52)48(59)35-27-24-31-42-64-53(62)44(32-25-21-16-13-10-7-2)33-26-22-17-14-11-8-3/h44H,6-43H2,1-5H3,(H,54,61)(H,55,58). The Morgan fingerprint density at radius 1 is 0.631 bits per heavy atom. The first-order chi connectivity index (χ1) is 31.6. The smallest absolute Gasteiger partial charge is 0.308 e. The summed E-state index contributed by atoms with van der Waals surface area (Å²) < 4.78 is 11.2. The Kier molecular flexibility index (Phi) is 34.0. The third kappa shape index (κ3) is 27.4. The number of ether oxygens (including phenoxy) is 2. The molecule has 0 atom stereocenters. The highest BCUT2D eigenvalue weighted by Gasteiger charge is 2.30. The van der Waals surface area contributed by atoms with Gasteiger partial charge in [-0.05, 0) is 77.4 Å². The summed E-state index contributed by atoms with van der Waals surface area (Å²) in [6.07, 6.45) is 32.3. The third-order valence-electron chi connectivity index (χ3n) is 12.7. The number of nitrogens with one attached hydrogen (secondary N) is 2. The minimum Gasteiger partial charge on any atom is -0.466 e. The first kappa shape index (κ1) is 58.1. The molecule has 0 aromatic carbocycles. The summed E-state index contributed by atoms with van der Waals surface area (Å²) in [5.41, 5.74) is 1.40. The Morgan fingerprint density at radius 3 is 1.72 bits per heavy atom. The quantitative estimate of drug-likeness (QED) is 0.0490. The Labute approximate surface area is 400 Å². The van der Waals surface area contributed by atoms with Crippen LogP contribution in [0.1, 0.15) is 241 Å². The van der Waals surface area contributed by atoms with Crippen LogP contribution in [0.15, 0.2) is 0 Å². The van der Waals surface area contributed by atoms with Crippen molar-refractivity contribution in [2.75, 3.05) is 52.3 Å². The van der Waals surface area contributed by atoms with E-state index in [0.717, 1.165) is 68.2 Å².